The van der Waals surface area contributed by atoms with Gasteiger partial charge in [0.05, 0.1) is 0 Å². The molecule has 0 unspecified atom stereocenters. The number of amides is 1. The predicted octanol–water partition coefficient (Wildman–Crippen LogP) is -2.33. The maximum Gasteiger partial charge on any atom is 0.456 e. The number of carbonyl (C=O) groups excluding carboxylic acids is 1. The Morgan fingerprint density at radius 1 is 1.50 bits per heavy atom. The minimum absolute atomic E-state index is 1.47. The zero-order valence-corrected chi connectivity index (χ0v) is 3.74. The highest BCUT2D eigenvalue weighted by molar-refractivity contribution is 5.64. The molecule has 48 valence electrons. The standard InChI is InChI=1S/C2H5NO5/c3-1(4)8-2(5,6)7/h5-7H,(H2,3,4). The molecule has 0 aliphatic carbocycles. The Morgan fingerprint density at radius 2 is 1.88 bits per heavy atom. The van der Waals surface area contributed by atoms with Crippen molar-refractivity contribution in [2.45, 2.75) is 6.16 Å². The van der Waals surface area contributed by atoms with E-state index in [2.05, 4.69) is 10.5 Å². The molecule has 0 atom stereocenters. The number of hydrogen-bond donors (Lipinski definition) is 4. The van der Waals surface area contributed by atoms with E-state index in [1.165, 1.54) is 0 Å². The average molecular weight is 123 g/mol. The molecule has 0 fully saturated rings. The van der Waals surface area contributed by atoms with Crippen molar-refractivity contribution >= 4 is 6.09 Å². The zero-order chi connectivity index (χ0) is 6.78. The number of primary amides is 1. The molecule has 0 aromatic carbocycles. The molecule has 0 aliphatic heterocycles. The van der Waals surface area contributed by atoms with Gasteiger partial charge in [0, 0.05) is 0 Å². The van der Waals surface area contributed by atoms with E-state index < -0.39 is 12.3 Å². The van der Waals surface area contributed by atoms with E-state index in [1.54, 1.807) is 0 Å². The van der Waals surface area contributed by atoms with Gasteiger partial charge in [-0.15, -0.1) is 0 Å². The molecule has 8 heavy (non-hydrogen) atoms. The number of ether oxygens (including phenoxy) is 1. The Bertz CT molecular complexity index is 93.1. The van der Waals surface area contributed by atoms with E-state index in [9.17, 15) is 4.79 Å². The number of rotatable bonds is 1. The summed E-state index contributed by atoms with van der Waals surface area (Å²) >= 11 is 0. The Kier molecular flexibility index (Phi) is 1.74. The molecule has 0 rings (SSSR count). The smallest absolute Gasteiger partial charge is 0.368 e. The fourth-order valence-corrected chi connectivity index (χ4v) is 0.135. The van der Waals surface area contributed by atoms with Crippen LogP contribution in [0.1, 0.15) is 0 Å². The second-order valence-corrected chi connectivity index (χ2v) is 0.995. The van der Waals surface area contributed by atoms with Gasteiger partial charge in [0.25, 0.3) is 0 Å². The lowest BCUT2D eigenvalue weighted by molar-refractivity contribution is -0.430. The minimum Gasteiger partial charge on any atom is -0.368 e. The molecule has 0 bridgehead atoms. The first-order chi connectivity index (χ1) is 3.42. The summed E-state index contributed by atoms with van der Waals surface area (Å²) < 4.78 is 3.24. The first kappa shape index (κ1) is 7.15. The maximum absolute atomic E-state index is 9.53. The van der Waals surface area contributed by atoms with Crippen LogP contribution in [0.4, 0.5) is 4.79 Å². The molecule has 0 radical (unpaired) electrons. The molecule has 0 aliphatic rings. The monoisotopic (exact) mass is 123 g/mol. The van der Waals surface area contributed by atoms with Crippen LogP contribution in [0.15, 0.2) is 0 Å². The summed E-state index contributed by atoms with van der Waals surface area (Å²) in [5.74, 6) is 0. The van der Waals surface area contributed by atoms with Gasteiger partial charge in [0.15, 0.2) is 0 Å². The van der Waals surface area contributed by atoms with Crippen LogP contribution < -0.4 is 5.73 Å². The summed E-state index contributed by atoms with van der Waals surface area (Å²) in [5, 5.41) is 23.3. The second kappa shape index (κ2) is 1.95. The first-order valence-corrected chi connectivity index (χ1v) is 1.57. The topological polar surface area (TPSA) is 113 Å². The van der Waals surface area contributed by atoms with Crippen LogP contribution in [0.5, 0.6) is 0 Å². The van der Waals surface area contributed by atoms with Gasteiger partial charge in [-0.05, 0) is 0 Å². The number of aliphatic hydroxyl groups is 3. The van der Waals surface area contributed by atoms with E-state index in [0.717, 1.165) is 0 Å². The van der Waals surface area contributed by atoms with E-state index in [-0.39, 0.29) is 0 Å². The normalized spacial score (nSPS) is 10.9. The summed E-state index contributed by atoms with van der Waals surface area (Å²) in [6.07, 6.45) is -4.93. The van der Waals surface area contributed by atoms with Crippen molar-refractivity contribution in [2.75, 3.05) is 0 Å². The van der Waals surface area contributed by atoms with Crippen molar-refractivity contribution in [3.05, 3.63) is 0 Å². The molecule has 1 amide bonds. The van der Waals surface area contributed by atoms with Gasteiger partial charge in [0.1, 0.15) is 0 Å². The molecular formula is C2H5NO5. The summed E-state index contributed by atoms with van der Waals surface area (Å²) in [6, 6.07) is 0. The fraction of sp³-hybridized carbons (Fsp3) is 0.500. The molecule has 0 saturated carbocycles. The average Bonchev–Trinajstić information content (AvgIpc) is 1.21. The van der Waals surface area contributed by atoms with Crippen molar-refractivity contribution in [3.63, 3.8) is 0 Å². The molecule has 0 saturated heterocycles. The largest absolute Gasteiger partial charge is 0.456 e. The van der Waals surface area contributed by atoms with Crippen molar-refractivity contribution < 1.29 is 24.9 Å². The van der Waals surface area contributed by atoms with Crippen molar-refractivity contribution in [2.24, 2.45) is 5.73 Å². The predicted molar refractivity (Wildman–Crippen MR) is 20.1 cm³/mol. The van der Waals surface area contributed by atoms with Crippen LogP contribution in [0.25, 0.3) is 0 Å². The highest BCUT2D eigenvalue weighted by Gasteiger charge is 2.22. The van der Waals surface area contributed by atoms with Gasteiger partial charge < -0.3 is 25.8 Å². The lowest BCUT2D eigenvalue weighted by Crippen LogP contribution is -2.36. The van der Waals surface area contributed by atoms with Gasteiger partial charge in [-0.1, -0.05) is 0 Å². The second-order valence-electron chi connectivity index (χ2n) is 0.995. The van der Waals surface area contributed by atoms with Crippen molar-refractivity contribution in [1.82, 2.24) is 0 Å². The van der Waals surface area contributed by atoms with Gasteiger partial charge in [-0.2, -0.15) is 0 Å². The van der Waals surface area contributed by atoms with Crippen LogP contribution in [-0.2, 0) is 4.74 Å². The van der Waals surface area contributed by atoms with Crippen LogP contribution in [-0.4, -0.2) is 27.6 Å². The van der Waals surface area contributed by atoms with Crippen LogP contribution in [0, 0.1) is 0 Å². The van der Waals surface area contributed by atoms with Crippen LogP contribution in [0.2, 0.25) is 0 Å². The van der Waals surface area contributed by atoms with Gasteiger partial charge in [-0.3, -0.25) is 0 Å². The highest BCUT2D eigenvalue weighted by atomic mass is 16.9. The number of hydrogen-bond acceptors (Lipinski definition) is 5. The molecule has 0 aromatic rings. The fourth-order valence-electron chi connectivity index (χ4n) is 0.135. The number of carbonyl (C=O) groups is 1. The minimum atomic E-state index is -3.45. The first-order valence-electron chi connectivity index (χ1n) is 1.57. The Labute approximate surface area is 44.1 Å². The lowest BCUT2D eigenvalue weighted by atomic mass is 11.1. The summed E-state index contributed by atoms with van der Waals surface area (Å²) in [7, 11) is 0. The molecule has 0 aromatic heterocycles. The third-order valence-electron chi connectivity index (χ3n) is 0.238. The zero-order valence-electron chi connectivity index (χ0n) is 3.74. The Morgan fingerprint density at radius 3 is 1.88 bits per heavy atom. The molecular weight excluding hydrogens is 118 g/mol. The summed E-state index contributed by atoms with van der Waals surface area (Å²) in [4.78, 5) is 9.53. The molecule has 6 heteroatoms. The SMILES string of the molecule is NC(=O)OC(O)(O)O. The van der Waals surface area contributed by atoms with E-state index >= 15 is 0 Å². The maximum atomic E-state index is 9.53. The van der Waals surface area contributed by atoms with Gasteiger partial charge in [-0.25, -0.2) is 4.79 Å². The molecule has 0 spiro atoms. The van der Waals surface area contributed by atoms with Crippen molar-refractivity contribution in [3.8, 4) is 0 Å². The summed E-state index contributed by atoms with van der Waals surface area (Å²) in [5.41, 5.74) is 4.24. The highest BCUT2D eigenvalue weighted by Crippen LogP contribution is 1.92. The van der Waals surface area contributed by atoms with Crippen LogP contribution in [0.3, 0.4) is 0 Å². The van der Waals surface area contributed by atoms with E-state index in [1.807, 2.05) is 0 Å². The molecule has 6 nitrogen and oxygen atoms in total. The lowest BCUT2D eigenvalue weighted by Gasteiger charge is -2.10. The van der Waals surface area contributed by atoms with Gasteiger partial charge in [0.2, 0.25) is 0 Å². The van der Waals surface area contributed by atoms with Crippen molar-refractivity contribution in [1.29, 1.82) is 0 Å². The number of nitrogens with two attached hydrogens (primary N) is 1. The third-order valence-corrected chi connectivity index (χ3v) is 0.238. The van der Waals surface area contributed by atoms with Gasteiger partial charge >= 0.3 is 12.3 Å². The summed E-state index contributed by atoms with van der Waals surface area (Å²) in [6.45, 7) is 0. The Balaban J connectivity index is 3.55. The molecule has 0 heterocycles. The van der Waals surface area contributed by atoms with E-state index in [0.29, 0.717) is 0 Å². The van der Waals surface area contributed by atoms with E-state index in [4.69, 9.17) is 15.3 Å². The Hall–Kier alpha value is -0.850. The third kappa shape index (κ3) is 5.15. The van der Waals surface area contributed by atoms with Crippen LogP contribution >= 0.6 is 0 Å². The quantitative estimate of drug-likeness (QED) is 0.292. The molecule has 5 N–H and O–H groups in total.